The molecule has 0 aliphatic heterocycles. The first-order chi connectivity index (χ1) is 12.7. The summed E-state index contributed by atoms with van der Waals surface area (Å²) < 4.78 is 0. The van der Waals surface area contributed by atoms with Crippen LogP contribution in [0.4, 0.5) is 0 Å². The van der Waals surface area contributed by atoms with Crippen molar-refractivity contribution >= 4 is 17.2 Å². The minimum Gasteiger partial charge on any atom is -0.355 e. The van der Waals surface area contributed by atoms with E-state index in [2.05, 4.69) is 65.4 Å². The highest BCUT2D eigenvalue weighted by Gasteiger charge is 2.14. The van der Waals surface area contributed by atoms with E-state index >= 15 is 0 Å². The topological polar surface area (TPSA) is 41.1 Å². The van der Waals surface area contributed by atoms with Crippen LogP contribution in [0, 0.1) is 6.92 Å². The number of benzene rings is 2. The van der Waals surface area contributed by atoms with Crippen LogP contribution in [0.5, 0.6) is 0 Å². The second-order valence-corrected chi connectivity index (χ2v) is 7.35. The van der Waals surface area contributed by atoms with Crippen LogP contribution < -0.4 is 10.6 Å². The average Bonchev–Trinajstić information content (AvgIpc) is 3.18. The number of nitrogens with one attached hydrogen (secondary N) is 2. The Morgan fingerprint density at radius 2 is 1.69 bits per heavy atom. The Morgan fingerprint density at radius 3 is 2.38 bits per heavy atom. The summed E-state index contributed by atoms with van der Waals surface area (Å²) in [6.45, 7) is 3.04. The Kier molecular flexibility index (Phi) is 6.58. The molecule has 0 spiro atoms. The van der Waals surface area contributed by atoms with Crippen LogP contribution in [-0.4, -0.2) is 19.0 Å². The molecule has 3 nitrogen and oxygen atoms in total. The normalized spacial score (nSPS) is 11.9. The van der Waals surface area contributed by atoms with Gasteiger partial charge in [0.2, 0.25) is 5.91 Å². The Bertz CT molecular complexity index is 798. The summed E-state index contributed by atoms with van der Waals surface area (Å²) in [4.78, 5) is 13.5. The van der Waals surface area contributed by atoms with Gasteiger partial charge in [0.15, 0.2) is 0 Å². The summed E-state index contributed by atoms with van der Waals surface area (Å²) in [6.07, 6.45) is 0.878. The van der Waals surface area contributed by atoms with Gasteiger partial charge in [-0.3, -0.25) is 10.1 Å². The van der Waals surface area contributed by atoms with Crippen molar-refractivity contribution in [2.24, 2.45) is 0 Å². The molecule has 0 saturated heterocycles. The van der Waals surface area contributed by atoms with Crippen molar-refractivity contribution in [2.75, 3.05) is 13.1 Å². The van der Waals surface area contributed by atoms with Gasteiger partial charge >= 0.3 is 0 Å². The van der Waals surface area contributed by atoms with E-state index in [1.54, 1.807) is 11.3 Å². The molecule has 0 fully saturated rings. The van der Waals surface area contributed by atoms with E-state index in [4.69, 9.17) is 0 Å². The molecule has 0 saturated carbocycles. The van der Waals surface area contributed by atoms with Crippen molar-refractivity contribution in [3.8, 4) is 0 Å². The minimum atomic E-state index is -0.000143. The number of rotatable bonds is 8. The van der Waals surface area contributed by atoms with E-state index < -0.39 is 0 Å². The first-order valence-electron chi connectivity index (χ1n) is 8.86. The lowest BCUT2D eigenvalue weighted by Crippen LogP contribution is -2.36. The number of carbonyl (C=O) groups is 1. The van der Waals surface area contributed by atoms with Gasteiger partial charge in [0.25, 0.3) is 0 Å². The molecular weight excluding hydrogens is 340 g/mol. The van der Waals surface area contributed by atoms with Crippen molar-refractivity contribution in [1.82, 2.24) is 10.6 Å². The van der Waals surface area contributed by atoms with Gasteiger partial charge in [-0.2, -0.15) is 0 Å². The average molecular weight is 365 g/mol. The molecule has 26 heavy (non-hydrogen) atoms. The second-order valence-electron chi connectivity index (χ2n) is 6.31. The number of thiophene rings is 1. The predicted molar refractivity (Wildman–Crippen MR) is 108 cm³/mol. The number of carbonyl (C=O) groups excluding carboxylic acids is 1. The van der Waals surface area contributed by atoms with E-state index in [0.717, 1.165) is 17.5 Å². The largest absolute Gasteiger partial charge is 0.355 e. The van der Waals surface area contributed by atoms with Crippen LogP contribution in [0.3, 0.4) is 0 Å². The number of hydrogen-bond acceptors (Lipinski definition) is 3. The van der Waals surface area contributed by atoms with E-state index in [1.807, 2.05) is 24.3 Å². The molecule has 4 heteroatoms. The molecule has 1 amide bonds. The predicted octanol–water partition coefficient (Wildman–Crippen LogP) is 4.09. The quantitative estimate of drug-likeness (QED) is 0.632. The van der Waals surface area contributed by atoms with Gasteiger partial charge < -0.3 is 5.32 Å². The Balaban J connectivity index is 1.59. The van der Waals surface area contributed by atoms with Crippen LogP contribution in [0.2, 0.25) is 0 Å². The van der Waals surface area contributed by atoms with Crippen molar-refractivity contribution in [1.29, 1.82) is 0 Å². The van der Waals surface area contributed by atoms with Crippen LogP contribution >= 0.6 is 11.3 Å². The lowest BCUT2D eigenvalue weighted by Gasteiger charge is -2.20. The third-order valence-corrected chi connectivity index (χ3v) is 5.22. The zero-order valence-electron chi connectivity index (χ0n) is 14.9. The number of amides is 1. The maximum atomic E-state index is 12.2. The van der Waals surface area contributed by atoms with Crippen molar-refractivity contribution in [2.45, 2.75) is 19.4 Å². The smallest absolute Gasteiger partial charge is 0.233 e. The summed E-state index contributed by atoms with van der Waals surface area (Å²) in [5, 5.41) is 8.46. The maximum Gasteiger partial charge on any atom is 0.233 e. The molecule has 3 rings (SSSR count). The molecule has 2 N–H and O–H groups in total. The Labute approximate surface area is 159 Å². The molecule has 1 atom stereocenters. The molecule has 0 aliphatic carbocycles. The van der Waals surface area contributed by atoms with Gasteiger partial charge in [0.1, 0.15) is 0 Å². The number of hydrogen-bond donors (Lipinski definition) is 2. The third-order valence-electron chi connectivity index (χ3n) is 4.28. The molecule has 1 aromatic heterocycles. The first-order valence-corrected chi connectivity index (χ1v) is 9.74. The molecule has 1 heterocycles. The lowest BCUT2D eigenvalue weighted by atomic mass is 9.98. The highest BCUT2D eigenvalue weighted by molar-refractivity contribution is 7.09. The molecule has 134 valence electrons. The van der Waals surface area contributed by atoms with Crippen LogP contribution in [-0.2, 0) is 11.2 Å². The summed E-state index contributed by atoms with van der Waals surface area (Å²) >= 11 is 1.72. The molecule has 2 aromatic carbocycles. The van der Waals surface area contributed by atoms with Crippen LogP contribution in [0.1, 0.15) is 27.6 Å². The minimum absolute atomic E-state index is 0.000143. The van der Waals surface area contributed by atoms with Gasteiger partial charge in [-0.1, -0.05) is 66.2 Å². The lowest BCUT2D eigenvalue weighted by molar-refractivity contribution is -0.120. The fourth-order valence-electron chi connectivity index (χ4n) is 2.87. The fourth-order valence-corrected chi connectivity index (χ4v) is 3.58. The van der Waals surface area contributed by atoms with Crippen molar-refractivity contribution < 1.29 is 4.79 Å². The van der Waals surface area contributed by atoms with Gasteiger partial charge in [-0.15, -0.1) is 11.3 Å². The van der Waals surface area contributed by atoms with Crippen molar-refractivity contribution in [3.05, 3.63) is 93.7 Å². The summed E-state index contributed by atoms with van der Waals surface area (Å²) in [6, 6.07) is 22.8. The van der Waals surface area contributed by atoms with E-state index in [1.165, 1.54) is 10.4 Å². The zero-order valence-corrected chi connectivity index (χ0v) is 15.8. The SMILES string of the molecule is Cc1ccc([C@H](NCC(=O)NCCc2cccs2)c2ccccc2)cc1. The van der Waals surface area contributed by atoms with Gasteiger partial charge in [0, 0.05) is 11.4 Å². The first kappa shape index (κ1) is 18.4. The highest BCUT2D eigenvalue weighted by atomic mass is 32.1. The molecule has 0 unspecified atom stereocenters. The third kappa shape index (κ3) is 5.28. The monoisotopic (exact) mass is 364 g/mol. The van der Waals surface area contributed by atoms with E-state index in [9.17, 15) is 4.79 Å². The molecule has 0 aliphatic rings. The fraction of sp³-hybridized carbons (Fsp3) is 0.227. The molecular formula is C22H24N2OS. The standard InChI is InChI=1S/C22H24N2OS/c1-17-9-11-19(12-10-17)22(18-6-3-2-4-7-18)24-16-21(25)23-14-13-20-8-5-15-26-20/h2-12,15,22,24H,13-14,16H2,1H3,(H,23,25)/t22-/m1/s1. The molecule has 0 bridgehead atoms. The van der Waals surface area contributed by atoms with Gasteiger partial charge in [-0.25, -0.2) is 0 Å². The van der Waals surface area contributed by atoms with E-state index in [0.29, 0.717) is 6.54 Å². The zero-order chi connectivity index (χ0) is 18.2. The Morgan fingerprint density at radius 1 is 0.962 bits per heavy atom. The van der Waals surface area contributed by atoms with Crippen molar-refractivity contribution in [3.63, 3.8) is 0 Å². The van der Waals surface area contributed by atoms with Gasteiger partial charge in [0.05, 0.1) is 12.6 Å². The summed E-state index contributed by atoms with van der Waals surface area (Å²) in [7, 11) is 0. The van der Waals surface area contributed by atoms with Crippen LogP contribution in [0.15, 0.2) is 72.1 Å². The molecule has 0 radical (unpaired) electrons. The number of aryl methyl sites for hydroxylation is 1. The maximum absolute atomic E-state index is 12.2. The summed E-state index contributed by atoms with van der Waals surface area (Å²) in [5.74, 6) is 0.0228. The summed E-state index contributed by atoms with van der Waals surface area (Å²) in [5.41, 5.74) is 3.54. The van der Waals surface area contributed by atoms with E-state index in [-0.39, 0.29) is 18.5 Å². The Hall–Kier alpha value is -2.43. The second kappa shape index (κ2) is 9.32. The van der Waals surface area contributed by atoms with Crippen LogP contribution in [0.25, 0.3) is 0 Å². The van der Waals surface area contributed by atoms with Gasteiger partial charge in [-0.05, 0) is 35.9 Å². The molecule has 3 aromatic rings. The highest BCUT2D eigenvalue weighted by Crippen LogP contribution is 2.22.